The second-order valence-corrected chi connectivity index (χ2v) is 6.38. The lowest BCUT2D eigenvalue weighted by Gasteiger charge is -2.33. The molecule has 1 aromatic rings. The predicted octanol–water partition coefficient (Wildman–Crippen LogP) is 4.39. The van der Waals surface area contributed by atoms with Crippen LogP contribution in [0.25, 0.3) is 0 Å². The smallest absolute Gasteiger partial charge is 0.119 e. The second kappa shape index (κ2) is 7.68. The Hall–Kier alpha value is -1.02. The van der Waals surface area contributed by atoms with E-state index in [2.05, 4.69) is 50.4 Å². The van der Waals surface area contributed by atoms with Gasteiger partial charge in [-0.05, 0) is 55.2 Å². The molecule has 112 valence electrons. The van der Waals surface area contributed by atoms with Crippen LogP contribution in [0.15, 0.2) is 24.3 Å². The van der Waals surface area contributed by atoms with Crippen molar-refractivity contribution in [1.29, 1.82) is 0 Å². The maximum Gasteiger partial charge on any atom is 0.119 e. The van der Waals surface area contributed by atoms with Crippen LogP contribution >= 0.6 is 0 Å². The molecule has 0 aromatic heterocycles. The lowest BCUT2D eigenvalue weighted by Crippen LogP contribution is -2.38. The highest BCUT2D eigenvalue weighted by molar-refractivity contribution is 5.27. The molecule has 2 rings (SSSR count). The van der Waals surface area contributed by atoms with Crippen molar-refractivity contribution < 1.29 is 4.74 Å². The number of nitrogens with one attached hydrogen (secondary N) is 1. The molecule has 1 aliphatic rings. The van der Waals surface area contributed by atoms with E-state index in [4.69, 9.17) is 4.74 Å². The fourth-order valence-corrected chi connectivity index (χ4v) is 3.14. The third kappa shape index (κ3) is 4.52. The van der Waals surface area contributed by atoms with Crippen LogP contribution in [0.5, 0.6) is 5.75 Å². The Morgan fingerprint density at radius 3 is 2.55 bits per heavy atom. The summed E-state index contributed by atoms with van der Waals surface area (Å²) in [6.07, 6.45) is 5.11. The van der Waals surface area contributed by atoms with Crippen molar-refractivity contribution in [1.82, 2.24) is 5.32 Å². The highest BCUT2D eigenvalue weighted by Gasteiger charge is 2.24. The first-order valence-corrected chi connectivity index (χ1v) is 8.14. The molecule has 1 saturated carbocycles. The Morgan fingerprint density at radius 1 is 1.15 bits per heavy atom. The topological polar surface area (TPSA) is 21.3 Å². The van der Waals surface area contributed by atoms with E-state index in [1.165, 1.54) is 24.8 Å². The van der Waals surface area contributed by atoms with Crippen LogP contribution in [0.4, 0.5) is 0 Å². The van der Waals surface area contributed by atoms with E-state index in [1.807, 2.05) is 0 Å². The zero-order valence-corrected chi connectivity index (χ0v) is 13.2. The Balaban J connectivity index is 1.78. The van der Waals surface area contributed by atoms with Crippen molar-refractivity contribution in [2.24, 2.45) is 11.8 Å². The fraction of sp³-hybridized carbons (Fsp3) is 0.667. The molecule has 0 spiro atoms. The summed E-state index contributed by atoms with van der Waals surface area (Å²) in [5.74, 6) is 2.68. The van der Waals surface area contributed by atoms with Gasteiger partial charge < -0.3 is 10.1 Å². The number of ether oxygens (including phenoxy) is 1. The molecular weight excluding hydrogens is 246 g/mol. The minimum atomic E-state index is 0.683. The minimum Gasteiger partial charge on any atom is -0.494 e. The van der Waals surface area contributed by atoms with E-state index < -0.39 is 0 Å². The third-order valence-electron chi connectivity index (χ3n) is 4.40. The van der Waals surface area contributed by atoms with Crippen molar-refractivity contribution in [3.63, 3.8) is 0 Å². The fourth-order valence-electron chi connectivity index (χ4n) is 3.14. The summed E-state index contributed by atoms with van der Waals surface area (Å²) in [5.41, 5.74) is 1.35. The molecule has 2 heteroatoms. The molecule has 0 saturated heterocycles. The van der Waals surface area contributed by atoms with E-state index in [0.29, 0.717) is 6.04 Å². The van der Waals surface area contributed by atoms with Gasteiger partial charge in [-0.2, -0.15) is 0 Å². The summed E-state index contributed by atoms with van der Waals surface area (Å²) in [6, 6.07) is 9.20. The molecule has 3 atom stereocenters. The maximum atomic E-state index is 5.61. The zero-order valence-electron chi connectivity index (χ0n) is 13.2. The quantitative estimate of drug-likeness (QED) is 0.831. The zero-order chi connectivity index (χ0) is 14.4. The van der Waals surface area contributed by atoms with Crippen molar-refractivity contribution in [2.45, 2.75) is 59.0 Å². The van der Waals surface area contributed by atoms with Crippen LogP contribution in [0.2, 0.25) is 0 Å². The van der Waals surface area contributed by atoms with Crippen LogP contribution in [-0.4, -0.2) is 12.6 Å². The Labute approximate surface area is 123 Å². The van der Waals surface area contributed by atoms with Crippen molar-refractivity contribution in [2.75, 3.05) is 6.61 Å². The number of rotatable bonds is 6. The highest BCUT2D eigenvalue weighted by atomic mass is 16.5. The van der Waals surface area contributed by atoms with Crippen LogP contribution in [0.1, 0.15) is 52.0 Å². The maximum absolute atomic E-state index is 5.61. The first kappa shape index (κ1) is 15.4. The molecule has 0 aliphatic heterocycles. The second-order valence-electron chi connectivity index (χ2n) is 6.38. The number of benzene rings is 1. The molecule has 1 N–H and O–H groups in total. The monoisotopic (exact) mass is 275 g/mol. The summed E-state index contributed by atoms with van der Waals surface area (Å²) in [4.78, 5) is 0. The molecule has 1 aromatic carbocycles. The van der Waals surface area contributed by atoms with Crippen molar-refractivity contribution in [3.05, 3.63) is 29.8 Å². The van der Waals surface area contributed by atoms with Gasteiger partial charge in [0.15, 0.2) is 0 Å². The van der Waals surface area contributed by atoms with Gasteiger partial charge in [0.05, 0.1) is 6.61 Å². The molecule has 0 heterocycles. The average molecular weight is 275 g/mol. The van der Waals surface area contributed by atoms with E-state index in [0.717, 1.165) is 37.2 Å². The summed E-state index contributed by atoms with van der Waals surface area (Å²) in [5, 5.41) is 3.73. The summed E-state index contributed by atoms with van der Waals surface area (Å²) >= 11 is 0. The molecule has 1 fully saturated rings. The lowest BCUT2D eigenvalue weighted by atomic mass is 9.80. The molecule has 20 heavy (non-hydrogen) atoms. The van der Waals surface area contributed by atoms with Crippen LogP contribution in [0, 0.1) is 11.8 Å². The molecule has 1 aliphatic carbocycles. The minimum absolute atomic E-state index is 0.683. The largest absolute Gasteiger partial charge is 0.494 e. The SMILES string of the molecule is CCCOc1ccc(CNC2CCC(C)CC2C)cc1. The van der Waals surface area contributed by atoms with E-state index in [9.17, 15) is 0 Å². The molecule has 0 amide bonds. The van der Waals surface area contributed by atoms with Gasteiger partial charge in [0.2, 0.25) is 0 Å². The van der Waals surface area contributed by atoms with Crippen LogP contribution in [0.3, 0.4) is 0 Å². The first-order valence-electron chi connectivity index (χ1n) is 8.14. The average Bonchev–Trinajstić information content (AvgIpc) is 2.45. The standard InChI is InChI=1S/C18H29NO/c1-4-11-20-17-8-6-16(7-9-17)13-19-18-10-5-14(2)12-15(18)3/h6-9,14-15,18-19H,4-5,10-13H2,1-3H3. The van der Waals surface area contributed by atoms with Crippen LogP contribution < -0.4 is 10.1 Å². The number of hydrogen-bond acceptors (Lipinski definition) is 2. The van der Waals surface area contributed by atoms with Gasteiger partial charge in [-0.25, -0.2) is 0 Å². The predicted molar refractivity (Wildman–Crippen MR) is 85.0 cm³/mol. The van der Waals surface area contributed by atoms with Gasteiger partial charge in [-0.15, -0.1) is 0 Å². The molecular formula is C18H29NO. The van der Waals surface area contributed by atoms with Gasteiger partial charge in [-0.1, -0.05) is 32.9 Å². The van der Waals surface area contributed by atoms with E-state index >= 15 is 0 Å². The van der Waals surface area contributed by atoms with Crippen molar-refractivity contribution in [3.8, 4) is 5.75 Å². The molecule has 0 bridgehead atoms. The van der Waals surface area contributed by atoms with Gasteiger partial charge in [0, 0.05) is 12.6 Å². The van der Waals surface area contributed by atoms with Gasteiger partial charge >= 0.3 is 0 Å². The van der Waals surface area contributed by atoms with Crippen molar-refractivity contribution >= 4 is 0 Å². The van der Waals surface area contributed by atoms with Crippen LogP contribution in [-0.2, 0) is 6.54 Å². The van der Waals surface area contributed by atoms with Gasteiger partial charge in [-0.3, -0.25) is 0 Å². The Kier molecular flexibility index (Phi) is 5.90. The molecule has 0 radical (unpaired) electrons. The lowest BCUT2D eigenvalue weighted by molar-refractivity contribution is 0.227. The summed E-state index contributed by atoms with van der Waals surface area (Å²) < 4.78 is 5.61. The summed E-state index contributed by atoms with van der Waals surface area (Å²) in [7, 11) is 0. The first-order chi connectivity index (χ1) is 9.69. The highest BCUT2D eigenvalue weighted by Crippen LogP contribution is 2.28. The molecule has 3 unspecified atom stereocenters. The van der Waals surface area contributed by atoms with E-state index in [1.54, 1.807) is 0 Å². The number of hydrogen-bond donors (Lipinski definition) is 1. The summed E-state index contributed by atoms with van der Waals surface area (Å²) in [6.45, 7) is 8.66. The normalized spacial score (nSPS) is 26.4. The Bertz CT molecular complexity index is 387. The Morgan fingerprint density at radius 2 is 1.90 bits per heavy atom. The molecule has 2 nitrogen and oxygen atoms in total. The third-order valence-corrected chi connectivity index (χ3v) is 4.40. The van der Waals surface area contributed by atoms with E-state index in [-0.39, 0.29) is 0 Å². The van der Waals surface area contributed by atoms with Gasteiger partial charge in [0.25, 0.3) is 0 Å². The van der Waals surface area contributed by atoms with Gasteiger partial charge in [0.1, 0.15) is 5.75 Å².